The van der Waals surface area contributed by atoms with Crippen molar-refractivity contribution in [1.82, 2.24) is 9.97 Å². The Balaban J connectivity index is 2.23. The van der Waals surface area contributed by atoms with E-state index >= 15 is 0 Å². The predicted octanol–water partition coefficient (Wildman–Crippen LogP) is 2.95. The van der Waals surface area contributed by atoms with Crippen molar-refractivity contribution in [1.29, 1.82) is 0 Å². The van der Waals surface area contributed by atoms with Crippen LogP contribution in [-0.4, -0.2) is 21.0 Å². The van der Waals surface area contributed by atoms with Gasteiger partial charge >= 0.3 is 5.97 Å². The number of aryl methyl sites for hydroxylation is 1. The molecule has 6 heteroatoms. The van der Waals surface area contributed by atoms with Crippen LogP contribution in [0.25, 0.3) is 0 Å². The first-order valence-corrected chi connectivity index (χ1v) is 6.66. The molecule has 0 aliphatic rings. The second-order valence-electron chi connectivity index (χ2n) is 4.78. The highest BCUT2D eigenvalue weighted by Crippen LogP contribution is 2.29. The van der Waals surface area contributed by atoms with Crippen LogP contribution in [0.1, 0.15) is 25.1 Å². The van der Waals surface area contributed by atoms with E-state index in [-0.39, 0.29) is 0 Å². The van der Waals surface area contributed by atoms with Gasteiger partial charge in [-0.25, -0.2) is 4.98 Å². The van der Waals surface area contributed by atoms with Crippen LogP contribution in [0.15, 0.2) is 23.8 Å². The van der Waals surface area contributed by atoms with Crippen molar-refractivity contribution in [3.8, 4) is 0 Å². The average Bonchev–Trinajstić information content (AvgIpc) is 2.81. The summed E-state index contributed by atoms with van der Waals surface area (Å²) >= 11 is 1.38. The van der Waals surface area contributed by atoms with E-state index in [4.69, 9.17) is 0 Å². The molecule has 0 amide bonds. The lowest BCUT2D eigenvalue weighted by Crippen LogP contribution is -2.28. The van der Waals surface area contributed by atoms with Gasteiger partial charge in [-0.1, -0.05) is 0 Å². The number of aliphatic carboxylic acids is 1. The van der Waals surface area contributed by atoms with E-state index in [1.54, 1.807) is 31.6 Å². The molecule has 0 spiro atoms. The predicted molar refractivity (Wildman–Crippen MR) is 75.0 cm³/mol. The topological polar surface area (TPSA) is 75.1 Å². The van der Waals surface area contributed by atoms with Crippen molar-refractivity contribution in [3.05, 3.63) is 35.1 Å². The number of thiazole rings is 1. The van der Waals surface area contributed by atoms with Gasteiger partial charge in [-0.05, 0) is 32.4 Å². The molecule has 0 aliphatic carbocycles. The van der Waals surface area contributed by atoms with Crippen LogP contribution in [0.4, 0.5) is 10.8 Å². The minimum absolute atomic E-state index is 0.550. The summed E-state index contributed by atoms with van der Waals surface area (Å²) in [6.45, 7) is 5.26. The SMILES string of the molecule is Cc1ccncc1Nc1nc(C(C)(C)C(=O)O)cs1. The molecule has 0 aliphatic heterocycles. The van der Waals surface area contributed by atoms with Gasteiger partial charge in [0, 0.05) is 11.6 Å². The van der Waals surface area contributed by atoms with Gasteiger partial charge in [0.15, 0.2) is 5.13 Å². The van der Waals surface area contributed by atoms with Crippen LogP contribution in [-0.2, 0) is 10.2 Å². The Kier molecular flexibility index (Phi) is 3.53. The van der Waals surface area contributed by atoms with Crippen LogP contribution in [0.5, 0.6) is 0 Å². The average molecular weight is 277 g/mol. The van der Waals surface area contributed by atoms with E-state index in [0.717, 1.165) is 11.3 Å². The highest BCUT2D eigenvalue weighted by Gasteiger charge is 2.32. The fraction of sp³-hybridized carbons (Fsp3) is 0.308. The Morgan fingerprint density at radius 3 is 2.84 bits per heavy atom. The maximum Gasteiger partial charge on any atom is 0.315 e. The molecule has 0 saturated heterocycles. The van der Waals surface area contributed by atoms with Gasteiger partial charge in [-0.3, -0.25) is 9.78 Å². The van der Waals surface area contributed by atoms with Gasteiger partial charge < -0.3 is 10.4 Å². The third-order valence-corrected chi connectivity index (χ3v) is 3.72. The maximum absolute atomic E-state index is 11.2. The van der Waals surface area contributed by atoms with Crippen molar-refractivity contribution in [2.24, 2.45) is 0 Å². The third-order valence-electron chi connectivity index (χ3n) is 2.96. The van der Waals surface area contributed by atoms with Crippen molar-refractivity contribution in [2.75, 3.05) is 5.32 Å². The molecule has 2 N–H and O–H groups in total. The number of nitrogens with one attached hydrogen (secondary N) is 1. The summed E-state index contributed by atoms with van der Waals surface area (Å²) in [5.41, 5.74) is 1.50. The molecule has 2 heterocycles. The summed E-state index contributed by atoms with van der Waals surface area (Å²) in [5.74, 6) is -0.887. The van der Waals surface area contributed by atoms with Crippen LogP contribution in [0.2, 0.25) is 0 Å². The molecule has 0 saturated carbocycles. The van der Waals surface area contributed by atoms with Crippen molar-refractivity contribution >= 4 is 28.1 Å². The van der Waals surface area contributed by atoms with E-state index in [1.165, 1.54) is 11.3 Å². The number of carboxylic acid groups (broad SMARTS) is 1. The summed E-state index contributed by atoms with van der Waals surface area (Å²) in [6, 6.07) is 1.90. The van der Waals surface area contributed by atoms with Gasteiger partial charge in [-0.15, -0.1) is 11.3 Å². The van der Waals surface area contributed by atoms with E-state index in [0.29, 0.717) is 10.8 Å². The standard InChI is InChI=1S/C13H15N3O2S/c1-8-4-5-14-6-9(8)15-12-16-10(7-19-12)13(2,3)11(17)18/h4-7H,1-3H3,(H,15,16)(H,17,18). The van der Waals surface area contributed by atoms with Crippen LogP contribution in [0.3, 0.4) is 0 Å². The van der Waals surface area contributed by atoms with Gasteiger partial charge in [0.1, 0.15) is 5.41 Å². The molecule has 5 nitrogen and oxygen atoms in total. The number of rotatable bonds is 4. The lowest BCUT2D eigenvalue weighted by atomic mass is 9.90. The molecule has 0 aromatic carbocycles. The highest BCUT2D eigenvalue weighted by molar-refractivity contribution is 7.13. The van der Waals surface area contributed by atoms with Gasteiger partial charge in [0.2, 0.25) is 0 Å². The van der Waals surface area contributed by atoms with Gasteiger partial charge in [0.05, 0.1) is 17.6 Å². The minimum atomic E-state index is -0.986. The smallest absolute Gasteiger partial charge is 0.315 e. The van der Waals surface area contributed by atoms with Crippen LogP contribution >= 0.6 is 11.3 Å². The summed E-state index contributed by atoms with van der Waals surface area (Å²) in [4.78, 5) is 19.6. The number of aromatic nitrogens is 2. The summed E-state index contributed by atoms with van der Waals surface area (Å²) in [7, 11) is 0. The summed E-state index contributed by atoms with van der Waals surface area (Å²) in [5, 5.41) is 14.8. The molecular formula is C13H15N3O2S. The largest absolute Gasteiger partial charge is 0.481 e. The fourth-order valence-electron chi connectivity index (χ4n) is 1.44. The molecule has 0 unspecified atom stereocenters. The number of pyridine rings is 1. The maximum atomic E-state index is 11.2. The normalized spacial score (nSPS) is 11.3. The Morgan fingerprint density at radius 1 is 1.47 bits per heavy atom. The van der Waals surface area contributed by atoms with E-state index in [2.05, 4.69) is 15.3 Å². The third kappa shape index (κ3) is 2.73. The number of carboxylic acids is 1. The zero-order valence-electron chi connectivity index (χ0n) is 11.0. The van der Waals surface area contributed by atoms with E-state index in [9.17, 15) is 9.90 Å². The van der Waals surface area contributed by atoms with Crippen LogP contribution < -0.4 is 5.32 Å². The lowest BCUT2D eigenvalue weighted by Gasteiger charge is -2.15. The summed E-state index contributed by atoms with van der Waals surface area (Å²) in [6.07, 6.45) is 3.44. The molecule has 19 heavy (non-hydrogen) atoms. The molecule has 0 radical (unpaired) electrons. The Bertz CT molecular complexity index is 607. The Labute approximate surface area is 115 Å². The van der Waals surface area contributed by atoms with Crippen molar-refractivity contribution in [3.63, 3.8) is 0 Å². The molecule has 2 aromatic heterocycles. The Hall–Kier alpha value is -1.95. The Morgan fingerprint density at radius 2 is 2.21 bits per heavy atom. The molecule has 100 valence electrons. The zero-order valence-corrected chi connectivity index (χ0v) is 11.8. The molecular weight excluding hydrogens is 262 g/mol. The molecule has 0 bridgehead atoms. The first-order chi connectivity index (χ1) is 8.91. The monoisotopic (exact) mass is 277 g/mol. The lowest BCUT2D eigenvalue weighted by molar-refractivity contribution is -0.142. The summed E-state index contributed by atoms with van der Waals surface area (Å²) < 4.78 is 0. The van der Waals surface area contributed by atoms with E-state index < -0.39 is 11.4 Å². The molecule has 0 atom stereocenters. The van der Waals surface area contributed by atoms with E-state index in [1.807, 2.05) is 13.0 Å². The van der Waals surface area contributed by atoms with Crippen molar-refractivity contribution < 1.29 is 9.90 Å². The molecule has 2 rings (SSSR count). The minimum Gasteiger partial charge on any atom is -0.481 e. The highest BCUT2D eigenvalue weighted by atomic mass is 32.1. The number of hydrogen-bond acceptors (Lipinski definition) is 5. The number of anilines is 2. The fourth-order valence-corrected chi connectivity index (χ4v) is 2.33. The first kappa shape index (κ1) is 13.5. The number of carbonyl (C=O) groups is 1. The van der Waals surface area contributed by atoms with Gasteiger partial charge in [0.25, 0.3) is 0 Å². The van der Waals surface area contributed by atoms with Gasteiger partial charge in [-0.2, -0.15) is 0 Å². The quantitative estimate of drug-likeness (QED) is 0.898. The molecule has 2 aromatic rings. The van der Waals surface area contributed by atoms with Crippen LogP contribution in [0, 0.1) is 6.92 Å². The second kappa shape index (κ2) is 4.97. The number of hydrogen-bond donors (Lipinski definition) is 2. The second-order valence-corrected chi connectivity index (χ2v) is 5.64. The molecule has 0 fully saturated rings. The number of nitrogens with zero attached hydrogens (tertiary/aromatic N) is 2. The zero-order chi connectivity index (χ0) is 14.0. The van der Waals surface area contributed by atoms with Crippen molar-refractivity contribution in [2.45, 2.75) is 26.2 Å². The first-order valence-electron chi connectivity index (χ1n) is 5.78.